The van der Waals surface area contributed by atoms with Crippen LogP contribution in [0, 0.1) is 11.6 Å². The fourth-order valence-electron chi connectivity index (χ4n) is 3.72. The molecule has 174 valence electrons. The van der Waals surface area contributed by atoms with Crippen LogP contribution in [-0.4, -0.2) is 25.2 Å². The molecule has 0 spiro atoms. The molecule has 0 N–H and O–H groups in total. The van der Waals surface area contributed by atoms with E-state index in [1.54, 1.807) is 26.0 Å². The molecule has 4 nitrogen and oxygen atoms in total. The van der Waals surface area contributed by atoms with E-state index in [0.29, 0.717) is 9.75 Å². The molecular weight excluding hydrogens is 519 g/mol. The van der Waals surface area contributed by atoms with Gasteiger partial charge in [-0.3, -0.25) is 0 Å². The Kier molecular flexibility index (Phi) is 6.24. The quantitative estimate of drug-likeness (QED) is 0.206. The first-order valence-electron chi connectivity index (χ1n) is 10.3. The standard InChI is InChI=1S/C24H16F2O4S4/c1-3-29-23(27)19-17(15-9-13-11(33-15)5-7-31-13)22(26)20(24(28)30-4-2)18(21(19)25)16-10-14-12(34-16)6-8-32-14/h5-10H,3-4H2,1-2H3. The van der Waals surface area contributed by atoms with E-state index in [9.17, 15) is 9.59 Å². The second-order valence-corrected chi connectivity index (χ2v) is 11.2. The summed E-state index contributed by atoms with van der Waals surface area (Å²) in [5.74, 6) is -3.96. The first kappa shape index (κ1) is 23.1. The Morgan fingerprint density at radius 2 is 1.15 bits per heavy atom. The zero-order valence-electron chi connectivity index (χ0n) is 17.9. The predicted octanol–water partition coefficient (Wildman–Crippen LogP) is 8.20. The van der Waals surface area contributed by atoms with Crippen LogP contribution >= 0.6 is 45.3 Å². The molecule has 0 amide bonds. The molecule has 4 aromatic heterocycles. The minimum absolute atomic E-state index is 0.0114. The van der Waals surface area contributed by atoms with Crippen molar-refractivity contribution < 1.29 is 27.8 Å². The third-order valence-corrected chi connectivity index (χ3v) is 9.33. The smallest absolute Gasteiger partial charge is 0.341 e. The molecule has 0 saturated heterocycles. The number of ether oxygens (including phenoxy) is 2. The summed E-state index contributed by atoms with van der Waals surface area (Å²) in [6.45, 7) is 3.16. The molecule has 10 heteroatoms. The van der Waals surface area contributed by atoms with Crippen molar-refractivity contribution in [1.82, 2.24) is 0 Å². The number of carbonyl (C=O) groups is 2. The lowest BCUT2D eigenvalue weighted by atomic mass is 9.94. The first-order chi connectivity index (χ1) is 16.4. The monoisotopic (exact) mass is 534 g/mol. The number of thiophene rings is 4. The second kappa shape index (κ2) is 9.18. The number of carbonyl (C=O) groups excluding carboxylic acids is 2. The zero-order chi connectivity index (χ0) is 24.0. The van der Waals surface area contributed by atoms with Crippen molar-refractivity contribution in [2.24, 2.45) is 0 Å². The Balaban J connectivity index is 1.87. The molecule has 0 atom stereocenters. The van der Waals surface area contributed by atoms with E-state index in [4.69, 9.17) is 9.47 Å². The summed E-state index contributed by atoms with van der Waals surface area (Å²) in [6.07, 6.45) is 0. The summed E-state index contributed by atoms with van der Waals surface area (Å²) in [5, 5.41) is 3.79. The Hall–Kier alpha value is -2.66. The highest BCUT2D eigenvalue weighted by Crippen LogP contribution is 2.46. The Morgan fingerprint density at radius 3 is 1.50 bits per heavy atom. The van der Waals surface area contributed by atoms with Crippen LogP contribution in [0.2, 0.25) is 0 Å². The van der Waals surface area contributed by atoms with Gasteiger partial charge in [-0.25, -0.2) is 18.4 Å². The maximum Gasteiger partial charge on any atom is 0.341 e. The van der Waals surface area contributed by atoms with Gasteiger partial charge in [0, 0.05) is 39.7 Å². The van der Waals surface area contributed by atoms with E-state index in [0.717, 1.165) is 18.8 Å². The SMILES string of the molecule is CCOC(=O)c1c(F)c(-c2cc3sccc3s2)c(C(=O)OCC)c(F)c1-c1cc2sccc2s1. The first-order valence-corrected chi connectivity index (χ1v) is 13.7. The second-order valence-electron chi connectivity index (χ2n) is 7.09. The molecule has 0 aliphatic carbocycles. The van der Waals surface area contributed by atoms with Crippen LogP contribution in [0.4, 0.5) is 8.78 Å². The molecule has 0 fully saturated rings. The third-order valence-electron chi connectivity index (χ3n) is 5.11. The largest absolute Gasteiger partial charge is 0.462 e. The highest BCUT2D eigenvalue weighted by Gasteiger charge is 2.35. The van der Waals surface area contributed by atoms with Crippen molar-refractivity contribution in [1.29, 1.82) is 0 Å². The maximum atomic E-state index is 16.3. The highest BCUT2D eigenvalue weighted by molar-refractivity contribution is 7.29. The molecule has 0 unspecified atom stereocenters. The van der Waals surface area contributed by atoms with Crippen molar-refractivity contribution in [3.05, 3.63) is 57.8 Å². The van der Waals surface area contributed by atoms with Gasteiger partial charge in [0.05, 0.1) is 13.2 Å². The number of hydrogen-bond donors (Lipinski definition) is 0. The molecule has 0 aliphatic rings. The van der Waals surface area contributed by atoms with Crippen LogP contribution in [0.5, 0.6) is 0 Å². The van der Waals surface area contributed by atoms with Crippen molar-refractivity contribution in [2.45, 2.75) is 13.8 Å². The number of esters is 2. The topological polar surface area (TPSA) is 52.6 Å². The molecule has 1 aromatic carbocycles. The summed E-state index contributed by atoms with van der Waals surface area (Å²) < 4.78 is 46.3. The number of halogens is 2. The molecular formula is C24H16F2O4S4. The van der Waals surface area contributed by atoms with E-state index in [-0.39, 0.29) is 24.3 Å². The fraction of sp³-hybridized carbons (Fsp3) is 0.167. The van der Waals surface area contributed by atoms with E-state index < -0.39 is 34.7 Å². The minimum atomic E-state index is -0.997. The van der Waals surface area contributed by atoms with Gasteiger partial charge in [0.15, 0.2) is 0 Å². The Labute approximate surface area is 209 Å². The molecule has 0 saturated carbocycles. The van der Waals surface area contributed by atoms with Gasteiger partial charge < -0.3 is 9.47 Å². The van der Waals surface area contributed by atoms with Gasteiger partial charge in [-0.05, 0) is 48.9 Å². The number of benzene rings is 1. The van der Waals surface area contributed by atoms with E-state index in [2.05, 4.69) is 0 Å². The molecule has 5 rings (SSSR count). The summed E-state index contributed by atoms with van der Waals surface area (Å²) in [7, 11) is 0. The normalized spacial score (nSPS) is 11.4. The van der Waals surface area contributed by atoms with Gasteiger partial charge in [-0.1, -0.05) is 0 Å². The van der Waals surface area contributed by atoms with Crippen LogP contribution in [0.25, 0.3) is 39.7 Å². The average molecular weight is 535 g/mol. The van der Waals surface area contributed by atoms with Gasteiger partial charge >= 0.3 is 11.9 Å². The zero-order valence-corrected chi connectivity index (χ0v) is 21.2. The summed E-state index contributed by atoms with van der Waals surface area (Å²) in [6, 6.07) is 7.12. The van der Waals surface area contributed by atoms with E-state index in [1.807, 2.05) is 22.9 Å². The lowest BCUT2D eigenvalue weighted by Crippen LogP contribution is -2.17. The number of fused-ring (bicyclic) bond motifs is 2. The van der Waals surface area contributed by atoms with E-state index >= 15 is 8.78 Å². The third kappa shape index (κ3) is 3.74. The summed E-state index contributed by atoms with van der Waals surface area (Å²) >= 11 is 5.33. The molecule has 0 radical (unpaired) electrons. The maximum absolute atomic E-state index is 16.3. The lowest BCUT2D eigenvalue weighted by Gasteiger charge is -2.17. The summed E-state index contributed by atoms with van der Waals surface area (Å²) in [4.78, 5) is 26.6. The van der Waals surface area contributed by atoms with Gasteiger partial charge in [-0.2, -0.15) is 0 Å². The van der Waals surface area contributed by atoms with Crippen molar-refractivity contribution in [3.63, 3.8) is 0 Å². The van der Waals surface area contributed by atoms with Gasteiger partial charge in [0.25, 0.3) is 0 Å². The van der Waals surface area contributed by atoms with Gasteiger partial charge in [0.2, 0.25) is 0 Å². The summed E-state index contributed by atoms with van der Waals surface area (Å²) in [5.41, 5.74) is -1.61. The lowest BCUT2D eigenvalue weighted by molar-refractivity contribution is 0.0504. The molecule has 34 heavy (non-hydrogen) atoms. The van der Waals surface area contributed by atoms with Crippen LogP contribution < -0.4 is 0 Å². The Bertz CT molecular complexity index is 1380. The number of hydrogen-bond acceptors (Lipinski definition) is 8. The average Bonchev–Trinajstić information content (AvgIpc) is 3.55. The predicted molar refractivity (Wildman–Crippen MR) is 136 cm³/mol. The van der Waals surface area contributed by atoms with Crippen molar-refractivity contribution in [2.75, 3.05) is 13.2 Å². The van der Waals surface area contributed by atoms with E-state index in [1.165, 1.54) is 45.3 Å². The molecule has 0 bridgehead atoms. The van der Waals surface area contributed by atoms with Crippen molar-refractivity contribution >= 4 is 76.1 Å². The molecule has 5 aromatic rings. The minimum Gasteiger partial charge on any atom is -0.462 e. The van der Waals surface area contributed by atoms with Crippen molar-refractivity contribution in [3.8, 4) is 20.9 Å². The van der Waals surface area contributed by atoms with Crippen LogP contribution in [0.3, 0.4) is 0 Å². The van der Waals surface area contributed by atoms with Crippen LogP contribution in [0.15, 0.2) is 35.0 Å². The number of rotatable bonds is 6. The highest BCUT2D eigenvalue weighted by atomic mass is 32.1. The molecule has 0 aliphatic heterocycles. The fourth-order valence-corrected chi connectivity index (χ4v) is 8.03. The van der Waals surface area contributed by atoms with Crippen LogP contribution in [-0.2, 0) is 9.47 Å². The molecule has 4 heterocycles. The van der Waals surface area contributed by atoms with Gasteiger partial charge in [-0.15, -0.1) is 45.3 Å². The Morgan fingerprint density at radius 1 is 0.735 bits per heavy atom. The van der Waals surface area contributed by atoms with Crippen LogP contribution in [0.1, 0.15) is 34.6 Å². The van der Waals surface area contributed by atoms with Gasteiger partial charge in [0.1, 0.15) is 22.8 Å².